The van der Waals surface area contributed by atoms with Gasteiger partial charge in [0.2, 0.25) is 5.91 Å². The third-order valence-corrected chi connectivity index (χ3v) is 4.52. The molecular weight excluding hydrogens is 224 g/mol. The molecule has 1 unspecified atom stereocenters. The van der Waals surface area contributed by atoms with E-state index in [9.17, 15) is 4.79 Å². The van der Waals surface area contributed by atoms with Crippen LogP contribution in [0.3, 0.4) is 0 Å². The summed E-state index contributed by atoms with van der Waals surface area (Å²) in [4.78, 5) is 12.2. The standard InChI is InChI=1S/C15H26N2O/c1-3-14(12-7-5-4-6-8-12)17-15(18)11(2)13-9-16-10-13/h12,14,16H,3-10H2,1-2H3,(H,17,18). The molecule has 2 N–H and O–H groups in total. The summed E-state index contributed by atoms with van der Waals surface area (Å²) in [5.74, 6) is 0.855. The first-order valence-electron chi connectivity index (χ1n) is 7.42. The number of rotatable bonds is 4. The summed E-state index contributed by atoms with van der Waals surface area (Å²) in [5.41, 5.74) is 2.20. The number of carbonyl (C=O) groups excluding carboxylic acids is 1. The summed E-state index contributed by atoms with van der Waals surface area (Å²) in [6.07, 6.45) is 7.67. The Hall–Kier alpha value is -0.830. The monoisotopic (exact) mass is 250 g/mol. The van der Waals surface area contributed by atoms with E-state index in [1.54, 1.807) is 0 Å². The average molecular weight is 250 g/mol. The highest BCUT2D eigenvalue weighted by Gasteiger charge is 2.25. The van der Waals surface area contributed by atoms with Crippen molar-refractivity contribution in [2.24, 2.45) is 5.92 Å². The van der Waals surface area contributed by atoms with Gasteiger partial charge in [-0.25, -0.2) is 0 Å². The Labute approximate surface area is 110 Å². The van der Waals surface area contributed by atoms with Crippen LogP contribution in [0.1, 0.15) is 52.4 Å². The largest absolute Gasteiger partial charge is 0.349 e. The zero-order valence-corrected chi connectivity index (χ0v) is 11.7. The molecule has 1 saturated carbocycles. The summed E-state index contributed by atoms with van der Waals surface area (Å²) in [7, 11) is 0. The molecule has 18 heavy (non-hydrogen) atoms. The minimum atomic E-state index is 0.156. The Bertz CT molecular complexity index is 323. The Morgan fingerprint density at radius 2 is 2.00 bits per heavy atom. The second-order valence-corrected chi connectivity index (χ2v) is 5.72. The molecular formula is C15H26N2O. The predicted molar refractivity (Wildman–Crippen MR) is 74.4 cm³/mol. The molecule has 0 aromatic carbocycles. The zero-order valence-electron chi connectivity index (χ0n) is 11.7. The first kappa shape index (κ1) is 13.6. The molecule has 102 valence electrons. The van der Waals surface area contributed by atoms with Crippen LogP contribution < -0.4 is 10.6 Å². The van der Waals surface area contributed by atoms with E-state index in [0.29, 0.717) is 12.0 Å². The topological polar surface area (TPSA) is 41.1 Å². The Kier molecular flexibility index (Phi) is 4.81. The van der Waals surface area contributed by atoms with Gasteiger partial charge in [-0.3, -0.25) is 4.79 Å². The van der Waals surface area contributed by atoms with Crippen LogP contribution in [-0.4, -0.2) is 25.0 Å². The summed E-state index contributed by atoms with van der Waals surface area (Å²) in [5, 5.41) is 6.45. The van der Waals surface area contributed by atoms with Crippen molar-refractivity contribution in [1.29, 1.82) is 0 Å². The molecule has 1 atom stereocenters. The van der Waals surface area contributed by atoms with Crippen molar-refractivity contribution in [3.63, 3.8) is 0 Å². The van der Waals surface area contributed by atoms with Gasteiger partial charge >= 0.3 is 0 Å². The second-order valence-electron chi connectivity index (χ2n) is 5.72. The van der Waals surface area contributed by atoms with Crippen LogP contribution >= 0.6 is 0 Å². The van der Waals surface area contributed by atoms with Crippen molar-refractivity contribution in [3.05, 3.63) is 11.1 Å². The molecule has 0 bridgehead atoms. The van der Waals surface area contributed by atoms with Crippen LogP contribution in [0.5, 0.6) is 0 Å². The molecule has 1 aliphatic carbocycles. The molecule has 0 radical (unpaired) electrons. The fraction of sp³-hybridized carbons (Fsp3) is 0.800. The first-order chi connectivity index (χ1) is 8.72. The SMILES string of the molecule is CCC(NC(=O)C(C)=C1CNC1)C1CCCCC1. The highest BCUT2D eigenvalue weighted by Crippen LogP contribution is 2.28. The fourth-order valence-corrected chi connectivity index (χ4v) is 3.04. The minimum absolute atomic E-state index is 0.156. The van der Waals surface area contributed by atoms with E-state index < -0.39 is 0 Å². The highest BCUT2D eigenvalue weighted by atomic mass is 16.1. The summed E-state index contributed by atoms with van der Waals surface area (Å²) < 4.78 is 0. The van der Waals surface area contributed by atoms with Crippen molar-refractivity contribution in [2.45, 2.75) is 58.4 Å². The molecule has 0 spiro atoms. The fourth-order valence-electron chi connectivity index (χ4n) is 3.04. The van der Waals surface area contributed by atoms with E-state index in [0.717, 1.165) is 25.1 Å². The molecule has 1 aliphatic heterocycles. The van der Waals surface area contributed by atoms with Gasteiger partial charge in [0.25, 0.3) is 0 Å². The summed E-state index contributed by atoms with van der Waals surface area (Å²) >= 11 is 0. The van der Waals surface area contributed by atoms with Crippen LogP contribution in [0.15, 0.2) is 11.1 Å². The number of carbonyl (C=O) groups is 1. The smallest absolute Gasteiger partial charge is 0.247 e. The predicted octanol–water partition coefficient (Wildman–Crippen LogP) is 2.38. The highest BCUT2D eigenvalue weighted by molar-refractivity contribution is 5.94. The quantitative estimate of drug-likeness (QED) is 0.752. The van der Waals surface area contributed by atoms with Gasteiger partial charge in [-0.2, -0.15) is 0 Å². The second kappa shape index (κ2) is 6.37. The van der Waals surface area contributed by atoms with Crippen LogP contribution in [0.2, 0.25) is 0 Å². The number of hydrogen-bond donors (Lipinski definition) is 2. The molecule has 1 heterocycles. The molecule has 1 amide bonds. The van der Waals surface area contributed by atoms with Gasteiger partial charge in [0.15, 0.2) is 0 Å². The Morgan fingerprint density at radius 3 is 2.50 bits per heavy atom. The van der Waals surface area contributed by atoms with Crippen molar-refractivity contribution in [1.82, 2.24) is 10.6 Å². The average Bonchev–Trinajstić information content (AvgIpc) is 2.34. The van der Waals surface area contributed by atoms with Crippen LogP contribution in [0.4, 0.5) is 0 Å². The van der Waals surface area contributed by atoms with Crippen molar-refractivity contribution >= 4 is 5.91 Å². The van der Waals surface area contributed by atoms with Gasteiger partial charge in [0, 0.05) is 24.7 Å². The van der Waals surface area contributed by atoms with E-state index in [2.05, 4.69) is 17.6 Å². The van der Waals surface area contributed by atoms with E-state index in [4.69, 9.17) is 0 Å². The number of hydrogen-bond acceptors (Lipinski definition) is 2. The molecule has 2 aliphatic rings. The lowest BCUT2D eigenvalue weighted by atomic mass is 9.83. The van der Waals surface area contributed by atoms with Gasteiger partial charge in [-0.05, 0) is 37.7 Å². The molecule has 0 aromatic rings. The van der Waals surface area contributed by atoms with E-state index >= 15 is 0 Å². The van der Waals surface area contributed by atoms with E-state index in [1.807, 2.05) is 6.92 Å². The molecule has 3 heteroatoms. The maximum Gasteiger partial charge on any atom is 0.247 e. The van der Waals surface area contributed by atoms with E-state index in [-0.39, 0.29) is 5.91 Å². The Morgan fingerprint density at radius 1 is 1.33 bits per heavy atom. The van der Waals surface area contributed by atoms with Gasteiger partial charge in [0.1, 0.15) is 0 Å². The molecule has 3 nitrogen and oxygen atoms in total. The van der Waals surface area contributed by atoms with Gasteiger partial charge in [-0.15, -0.1) is 0 Å². The van der Waals surface area contributed by atoms with Crippen molar-refractivity contribution < 1.29 is 4.79 Å². The van der Waals surface area contributed by atoms with E-state index in [1.165, 1.54) is 37.7 Å². The van der Waals surface area contributed by atoms with Crippen molar-refractivity contribution in [3.8, 4) is 0 Å². The van der Waals surface area contributed by atoms with Crippen LogP contribution in [0.25, 0.3) is 0 Å². The van der Waals surface area contributed by atoms with Crippen LogP contribution in [0, 0.1) is 5.92 Å². The number of amides is 1. The summed E-state index contributed by atoms with van der Waals surface area (Å²) in [6.45, 7) is 5.92. The molecule has 0 aromatic heterocycles. The third-order valence-electron chi connectivity index (χ3n) is 4.52. The van der Waals surface area contributed by atoms with Gasteiger partial charge in [-0.1, -0.05) is 26.2 Å². The minimum Gasteiger partial charge on any atom is -0.349 e. The lowest BCUT2D eigenvalue weighted by molar-refractivity contribution is -0.118. The molecule has 2 rings (SSSR count). The zero-order chi connectivity index (χ0) is 13.0. The van der Waals surface area contributed by atoms with Crippen LogP contribution in [-0.2, 0) is 4.79 Å². The number of nitrogens with one attached hydrogen (secondary N) is 2. The van der Waals surface area contributed by atoms with Crippen molar-refractivity contribution in [2.75, 3.05) is 13.1 Å². The first-order valence-corrected chi connectivity index (χ1v) is 7.42. The maximum atomic E-state index is 12.2. The lowest BCUT2D eigenvalue weighted by Crippen LogP contribution is -2.43. The lowest BCUT2D eigenvalue weighted by Gasteiger charge is -2.31. The van der Waals surface area contributed by atoms with Gasteiger partial charge in [0.05, 0.1) is 0 Å². The summed E-state index contributed by atoms with van der Waals surface area (Å²) in [6, 6.07) is 0.376. The maximum absolute atomic E-state index is 12.2. The third kappa shape index (κ3) is 3.14. The molecule has 1 saturated heterocycles. The van der Waals surface area contributed by atoms with Gasteiger partial charge < -0.3 is 10.6 Å². The molecule has 2 fully saturated rings. The Balaban J connectivity index is 1.90. The normalized spacial score (nSPS) is 22.2.